The zero-order valence-electron chi connectivity index (χ0n) is 13.0. The number of nitrogens with one attached hydrogen (secondary N) is 1. The van der Waals surface area contributed by atoms with E-state index in [1.54, 1.807) is 0 Å². The van der Waals surface area contributed by atoms with Crippen LogP contribution in [0.3, 0.4) is 0 Å². The molecule has 0 saturated heterocycles. The Morgan fingerprint density at radius 1 is 1.14 bits per heavy atom. The fourth-order valence-corrected chi connectivity index (χ4v) is 2.97. The monoisotopic (exact) mass is 294 g/mol. The molecule has 3 rings (SSSR count). The first-order valence-corrected chi connectivity index (χ1v) is 7.88. The molecule has 0 aliphatic carbocycles. The number of hydrogen-bond donors (Lipinski definition) is 1. The average molecular weight is 294 g/mol. The molecule has 1 heterocycles. The molecule has 1 aliphatic heterocycles. The summed E-state index contributed by atoms with van der Waals surface area (Å²) in [5.74, 6) is 0.426. The maximum absolute atomic E-state index is 12.2. The minimum Gasteiger partial charge on any atom is -0.362 e. The SMILES string of the molecule is C[C@H](CNC(=O)CN1CCc2ccccc21)c1ccccc1. The second-order valence-corrected chi connectivity index (χ2v) is 5.92. The number of rotatable bonds is 5. The Bertz CT molecular complexity index is 639. The highest BCUT2D eigenvalue weighted by Crippen LogP contribution is 2.26. The van der Waals surface area contributed by atoms with Gasteiger partial charge in [0.25, 0.3) is 0 Å². The molecule has 1 atom stereocenters. The third-order valence-electron chi connectivity index (χ3n) is 4.29. The number of carbonyl (C=O) groups is 1. The molecule has 22 heavy (non-hydrogen) atoms. The first-order chi connectivity index (χ1) is 10.7. The lowest BCUT2D eigenvalue weighted by Crippen LogP contribution is -2.37. The van der Waals surface area contributed by atoms with Gasteiger partial charge in [0.2, 0.25) is 5.91 Å². The van der Waals surface area contributed by atoms with Crippen molar-refractivity contribution in [2.45, 2.75) is 19.3 Å². The molecule has 3 nitrogen and oxygen atoms in total. The molecule has 0 radical (unpaired) electrons. The fourth-order valence-electron chi connectivity index (χ4n) is 2.97. The fraction of sp³-hybridized carbons (Fsp3) is 0.316. The zero-order valence-corrected chi connectivity index (χ0v) is 13.0. The predicted octanol–water partition coefficient (Wildman–Crippen LogP) is 2.97. The highest BCUT2D eigenvalue weighted by molar-refractivity contribution is 5.82. The van der Waals surface area contributed by atoms with Crippen LogP contribution < -0.4 is 10.2 Å². The number of para-hydroxylation sites is 1. The van der Waals surface area contributed by atoms with Gasteiger partial charge < -0.3 is 10.2 Å². The summed E-state index contributed by atoms with van der Waals surface area (Å²) in [6, 6.07) is 18.6. The van der Waals surface area contributed by atoms with Gasteiger partial charge in [0, 0.05) is 18.8 Å². The van der Waals surface area contributed by atoms with Crippen molar-refractivity contribution in [1.29, 1.82) is 0 Å². The topological polar surface area (TPSA) is 32.3 Å². The molecule has 2 aromatic carbocycles. The molecule has 2 aromatic rings. The Balaban J connectivity index is 1.51. The van der Waals surface area contributed by atoms with E-state index in [-0.39, 0.29) is 5.91 Å². The lowest BCUT2D eigenvalue weighted by molar-refractivity contribution is -0.119. The normalized spacial score (nSPS) is 14.5. The van der Waals surface area contributed by atoms with E-state index in [9.17, 15) is 4.79 Å². The van der Waals surface area contributed by atoms with Gasteiger partial charge in [-0.2, -0.15) is 0 Å². The van der Waals surface area contributed by atoms with E-state index in [0.717, 1.165) is 13.0 Å². The van der Waals surface area contributed by atoms with Crippen LogP contribution >= 0.6 is 0 Å². The molecule has 0 spiro atoms. The van der Waals surface area contributed by atoms with Crippen molar-refractivity contribution < 1.29 is 4.79 Å². The van der Waals surface area contributed by atoms with Crippen molar-refractivity contribution in [2.24, 2.45) is 0 Å². The van der Waals surface area contributed by atoms with Crippen molar-refractivity contribution in [3.8, 4) is 0 Å². The first-order valence-electron chi connectivity index (χ1n) is 7.88. The standard InChI is InChI=1S/C19H22N2O/c1-15(16-7-3-2-4-8-16)13-20-19(22)14-21-12-11-17-9-5-6-10-18(17)21/h2-10,15H,11-14H2,1H3,(H,20,22)/t15-/m1/s1. The number of nitrogens with zero attached hydrogens (tertiary/aromatic N) is 1. The summed E-state index contributed by atoms with van der Waals surface area (Å²) in [5.41, 5.74) is 3.80. The van der Waals surface area contributed by atoms with Crippen LogP contribution in [0.1, 0.15) is 24.0 Å². The van der Waals surface area contributed by atoms with Crippen LogP contribution in [0.5, 0.6) is 0 Å². The average Bonchev–Trinajstić information content (AvgIpc) is 2.97. The Morgan fingerprint density at radius 2 is 1.86 bits per heavy atom. The largest absolute Gasteiger partial charge is 0.362 e. The lowest BCUT2D eigenvalue weighted by Gasteiger charge is -2.20. The Hall–Kier alpha value is -2.29. The minimum absolute atomic E-state index is 0.0967. The van der Waals surface area contributed by atoms with E-state index < -0.39 is 0 Å². The van der Waals surface area contributed by atoms with E-state index in [1.807, 2.05) is 24.3 Å². The van der Waals surface area contributed by atoms with Gasteiger partial charge in [-0.05, 0) is 29.5 Å². The lowest BCUT2D eigenvalue weighted by atomic mass is 10.0. The maximum atomic E-state index is 12.2. The van der Waals surface area contributed by atoms with Crippen LogP contribution in [0, 0.1) is 0 Å². The third kappa shape index (κ3) is 3.30. The third-order valence-corrected chi connectivity index (χ3v) is 4.29. The van der Waals surface area contributed by atoms with Crippen molar-refractivity contribution in [1.82, 2.24) is 5.32 Å². The Labute approximate surface area is 132 Å². The van der Waals surface area contributed by atoms with E-state index in [0.29, 0.717) is 19.0 Å². The smallest absolute Gasteiger partial charge is 0.239 e. The molecule has 3 heteroatoms. The number of fused-ring (bicyclic) bond motifs is 1. The summed E-state index contributed by atoms with van der Waals surface area (Å²) in [5, 5.41) is 3.06. The highest BCUT2D eigenvalue weighted by atomic mass is 16.2. The van der Waals surface area contributed by atoms with Crippen LogP contribution in [-0.4, -0.2) is 25.5 Å². The van der Waals surface area contributed by atoms with Gasteiger partial charge in [0.1, 0.15) is 0 Å². The van der Waals surface area contributed by atoms with Gasteiger partial charge in [0.15, 0.2) is 0 Å². The quantitative estimate of drug-likeness (QED) is 0.919. The predicted molar refractivity (Wildman–Crippen MR) is 90.2 cm³/mol. The molecule has 1 aliphatic rings. The van der Waals surface area contributed by atoms with Gasteiger partial charge in [-0.25, -0.2) is 0 Å². The molecule has 0 saturated carbocycles. The van der Waals surface area contributed by atoms with Gasteiger partial charge in [-0.15, -0.1) is 0 Å². The number of anilines is 1. The summed E-state index contributed by atoms with van der Waals surface area (Å²) in [6.07, 6.45) is 1.03. The minimum atomic E-state index is 0.0967. The van der Waals surface area contributed by atoms with Crippen molar-refractivity contribution in [3.05, 3.63) is 65.7 Å². The van der Waals surface area contributed by atoms with E-state index in [2.05, 4.69) is 47.5 Å². The summed E-state index contributed by atoms with van der Waals surface area (Å²) < 4.78 is 0. The van der Waals surface area contributed by atoms with Crippen molar-refractivity contribution in [2.75, 3.05) is 24.5 Å². The number of amides is 1. The zero-order chi connectivity index (χ0) is 15.4. The van der Waals surface area contributed by atoms with Crippen LogP contribution in [0.15, 0.2) is 54.6 Å². The molecule has 1 N–H and O–H groups in total. The van der Waals surface area contributed by atoms with Gasteiger partial charge >= 0.3 is 0 Å². The molecule has 0 unspecified atom stereocenters. The Morgan fingerprint density at radius 3 is 2.68 bits per heavy atom. The summed E-state index contributed by atoms with van der Waals surface area (Å²) in [6.45, 7) is 4.19. The van der Waals surface area contributed by atoms with Gasteiger partial charge in [0.05, 0.1) is 6.54 Å². The molecular formula is C19H22N2O. The molecular weight excluding hydrogens is 272 g/mol. The van der Waals surface area contributed by atoms with E-state index >= 15 is 0 Å². The van der Waals surface area contributed by atoms with Crippen LogP contribution in [-0.2, 0) is 11.2 Å². The molecule has 114 valence electrons. The van der Waals surface area contributed by atoms with Crippen molar-refractivity contribution >= 4 is 11.6 Å². The molecule has 1 amide bonds. The van der Waals surface area contributed by atoms with Crippen LogP contribution in [0.4, 0.5) is 5.69 Å². The summed E-state index contributed by atoms with van der Waals surface area (Å²) in [4.78, 5) is 14.4. The number of benzene rings is 2. The summed E-state index contributed by atoms with van der Waals surface area (Å²) in [7, 11) is 0. The van der Waals surface area contributed by atoms with E-state index in [1.165, 1.54) is 16.8 Å². The van der Waals surface area contributed by atoms with E-state index in [4.69, 9.17) is 0 Å². The maximum Gasteiger partial charge on any atom is 0.239 e. The van der Waals surface area contributed by atoms with Gasteiger partial charge in [-0.1, -0.05) is 55.5 Å². The van der Waals surface area contributed by atoms with Gasteiger partial charge in [-0.3, -0.25) is 4.79 Å². The van der Waals surface area contributed by atoms with Crippen LogP contribution in [0.2, 0.25) is 0 Å². The van der Waals surface area contributed by atoms with Crippen LogP contribution in [0.25, 0.3) is 0 Å². The second kappa shape index (κ2) is 6.65. The summed E-state index contributed by atoms with van der Waals surface area (Å²) >= 11 is 0. The number of hydrogen-bond acceptors (Lipinski definition) is 2. The van der Waals surface area contributed by atoms with Crippen molar-refractivity contribution in [3.63, 3.8) is 0 Å². The molecule has 0 aromatic heterocycles. The molecule has 0 fully saturated rings. The second-order valence-electron chi connectivity index (χ2n) is 5.92. The molecule has 0 bridgehead atoms. The Kier molecular flexibility index (Phi) is 4.42. The highest BCUT2D eigenvalue weighted by Gasteiger charge is 2.20. The number of carbonyl (C=O) groups excluding carboxylic acids is 1. The first kappa shape index (κ1) is 14.6.